The zero-order valence-electron chi connectivity index (χ0n) is 33.9. The van der Waals surface area contributed by atoms with Gasteiger partial charge in [0.1, 0.15) is 13.2 Å². The van der Waals surface area contributed by atoms with Crippen LogP contribution in [0.3, 0.4) is 0 Å². The molecule has 54 heavy (non-hydrogen) atoms. The molecule has 0 fully saturated rings. The van der Waals surface area contributed by atoms with E-state index in [0.29, 0.717) is 13.2 Å². The zero-order chi connectivity index (χ0) is 37.6. The van der Waals surface area contributed by atoms with Gasteiger partial charge >= 0.3 is 0 Å². The summed E-state index contributed by atoms with van der Waals surface area (Å²) in [6.45, 7) is 24.6. The summed E-state index contributed by atoms with van der Waals surface area (Å²) in [6.07, 6.45) is 4.45. The standard InChI is InChI=1S/C49H53BN2O2/c1-28-15-41-45-42(16-28)52(46-29(2)17-35(18-30(46)3)47(4,5)6)40-23-44-43(53-13-14-54-44)22-38(40)50(45)37-20-33-26-49(9,10)27-34(33)21-39(37)51(41)36-12-11-31-24-48(7,8)25-32(31)19-36/h11-12,15-23H,13-14,24-27H2,1-10H3. The van der Waals surface area contributed by atoms with E-state index in [-0.39, 0.29) is 23.0 Å². The molecule has 0 amide bonds. The predicted molar refractivity (Wildman–Crippen MR) is 227 cm³/mol. The SMILES string of the molecule is Cc1cc2c3c(c1)N(c1c(C)cc(C(C)(C)C)cc1C)c1cc4c(cc1B3c1cc3c(cc1N2c1ccc2c(c1)CC(C)(C)C2)CC(C)(C)C3)OCCO4. The summed E-state index contributed by atoms with van der Waals surface area (Å²) < 4.78 is 12.7. The lowest BCUT2D eigenvalue weighted by atomic mass is 9.33. The maximum atomic E-state index is 6.36. The molecule has 4 nitrogen and oxygen atoms in total. The fourth-order valence-corrected chi connectivity index (χ4v) is 10.7. The van der Waals surface area contributed by atoms with Gasteiger partial charge in [-0.2, -0.15) is 0 Å². The number of anilines is 6. The van der Waals surface area contributed by atoms with Crippen LogP contribution in [0.1, 0.15) is 93.0 Å². The van der Waals surface area contributed by atoms with E-state index in [9.17, 15) is 0 Å². The van der Waals surface area contributed by atoms with Gasteiger partial charge in [-0.3, -0.25) is 0 Å². The van der Waals surface area contributed by atoms with Crippen molar-refractivity contribution in [2.24, 2.45) is 10.8 Å². The second-order valence-corrected chi connectivity index (χ2v) is 19.8. The lowest BCUT2D eigenvalue weighted by molar-refractivity contribution is 0.172. The van der Waals surface area contributed by atoms with Gasteiger partial charge < -0.3 is 19.3 Å². The van der Waals surface area contributed by atoms with Crippen LogP contribution in [0.2, 0.25) is 0 Å². The highest BCUT2D eigenvalue weighted by atomic mass is 16.6. The summed E-state index contributed by atoms with van der Waals surface area (Å²) in [5.74, 6) is 1.68. The Hall–Kier alpha value is -4.64. The fraction of sp³-hybridized carbons (Fsp3) is 0.388. The van der Waals surface area contributed by atoms with Gasteiger partial charge in [0.25, 0.3) is 6.71 Å². The second kappa shape index (κ2) is 11.2. The summed E-state index contributed by atoms with van der Waals surface area (Å²) in [4.78, 5) is 5.19. The van der Waals surface area contributed by atoms with Crippen LogP contribution in [-0.4, -0.2) is 19.9 Å². The van der Waals surface area contributed by atoms with Crippen molar-refractivity contribution in [2.45, 2.75) is 100 Å². The van der Waals surface area contributed by atoms with Crippen LogP contribution in [0.25, 0.3) is 0 Å². The van der Waals surface area contributed by atoms with E-state index in [2.05, 4.69) is 146 Å². The lowest BCUT2D eigenvalue weighted by Gasteiger charge is -2.45. The van der Waals surface area contributed by atoms with E-state index < -0.39 is 0 Å². The third-order valence-electron chi connectivity index (χ3n) is 12.9. The molecule has 5 heteroatoms. The Morgan fingerprint density at radius 2 is 1.11 bits per heavy atom. The van der Waals surface area contributed by atoms with Gasteiger partial charge in [-0.1, -0.05) is 72.7 Å². The number of ether oxygens (including phenoxy) is 2. The molecule has 2 aliphatic carbocycles. The zero-order valence-corrected chi connectivity index (χ0v) is 33.9. The Morgan fingerprint density at radius 3 is 1.76 bits per heavy atom. The van der Waals surface area contributed by atoms with E-state index in [1.165, 1.54) is 95.0 Å². The normalized spacial score (nSPS) is 18.2. The van der Waals surface area contributed by atoms with Crippen molar-refractivity contribution >= 4 is 57.2 Å². The van der Waals surface area contributed by atoms with Gasteiger partial charge in [-0.15, -0.1) is 0 Å². The Kier molecular flexibility index (Phi) is 7.04. The summed E-state index contributed by atoms with van der Waals surface area (Å²) in [6, 6.07) is 26.8. The number of hydrogen-bond acceptors (Lipinski definition) is 4. The van der Waals surface area contributed by atoms with E-state index >= 15 is 0 Å². The minimum Gasteiger partial charge on any atom is -0.486 e. The van der Waals surface area contributed by atoms with Crippen molar-refractivity contribution in [3.63, 3.8) is 0 Å². The van der Waals surface area contributed by atoms with Crippen molar-refractivity contribution in [3.8, 4) is 11.5 Å². The molecule has 5 aromatic carbocycles. The van der Waals surface area contributed by atoms with Gasteiger partial charge in [0, 0.05) is 34.5 Å². The maximum Gasteiger partial charge on any atom is 0.252 e. The molecule has 5 aromatic rings. The van der Waals surface area contributed by atoms with Crippen molar-refractivity contribution in [1.82, 2.24) is 0 Å². The molecule has 0 atom stereocenters. The van der Waals surface area contributed by atoms with Gasteiger partial charge in [0.05, 0.1) is 5.69 Å². The molecule has 274 valence electrons. The van der Waals surface area contributed by atoms with E-state index in [1.54, 1.807) is 0 Å². The molecule has 0 saturated carbocycles. The molecular weight excluding hydrogens is 659 g/mol. The molecule has 0 spiro atoms. The van der Waals surface area contributed by atoms with Crippen LogP contribution in [-0.2, 0) is 31.1 Å². The largest absolute Gasteiger partial charge is 0.486 e. The summed E-state index contributed by atoms with van der Waals surface area (Å²) in [7, 11) is 0. The average molecular weight is 713 g/mol. The van der Waals surface area contributed by atoms with Crippen molar-refractivity contribution in [3.05, 3.63) is 111 Å². The highest BCUT2D eigenvalue weighted by Crippen LogP contribution is 2.50. The maximum absolute atomic E-state index is 6.36. The van der Waals surface area contributed by atoms with Crippen LogP contribution < -0.4 is 35.7 Å². The quantitative estimate of drug-likeness (QED) is 0.167. The average Bonchev–Trinajstić information content (AvgIpc) is 3.57. The van der Waals surface area contributed by atoms with Crippen molar-refractivity contribution < 1.29 is 9.47 Å². The molecule has 0 saturated heterocycles. The minimum atomic E-state index is 0.0424. The first-order valence-electron chi connectivity index (χ1n) is 20.1. The molecule has 10 rings (SSSR count). The monoisotopic (exact) mass is 712 g/mol. The van der Waals surface area contributed by atoms with E-state index in [4.69, 9.17) is 9.47 Å². The third-order valence-corrected chi connectivity index (χ3v) is 12.9. The second-order valence-electron chi connectivity index (χ2n) is 19.8. The van der Waals surface area contributed by atoms with Crippen molar-refractivity contribution in [1.29, 1.82) is 0 Å². The highest BCUT2D eigenvalue weighted by Gasteiger charge is 2.46. The predicted octanol–water partition coefficient (Wildman–Crippen LogP) is 10.0. The van der Waals surface area contributed by atoms with Crippen molar-refractivity contribution in [2.75, 3.05) is 23.0 Å². The minimum absolute atomic E-state index is 0.0424. The summed E-state index contributed by atoms with van der Waals surface area (Å²) in [5.41, 5.74) is 23.3. The summed E-state index contributed by atoms with van der Waals surface area (Å²) in [5, 5.41) is 0. The smallest absolute Gasteiger partial charge is 0.252 e. The number of nitrogens with zero attached hydrogens (tertiary/aromatic N) is 2. The van der Waals surface area contributed by atoms with Crippen LogP contribution in [0.5, 0.6) is 11.5 Å². The van der Waals surface area contributed by atoms with Gasteiger partial charge in [0.2, 0.25) is 0 Å². The molecule has 0 unspecified atom stereocenters. The third kappa shape index (κ3) is 5.10. The number of aryl methyl sites for hydroxylation is 3. The molecule has 5 aliphatic rings. The van der Waals surface area contributed by atoms with E-state index in [0.717, 1.165) is 37.2 Å². The molecule has 3 heterocycles. The van der Waals surface area contributed by atoms with E-state index in [1.807, 2.05) is 0 Å². The molecule has 0 aromatic heterocycles. The Bertz CT molecular complexity index is 2430. The number of hydrogen-bond donors (Lipinski definition) is 0. The molecule has 0 bridgehead atoms. The molecule has 0 radical (unpaired) electrons. The Labute approximate surface area is 322 Å². The fourth-order valence-electron chi connectivity index (χ4n) is 10.7. The van der Waals surface area contributed by atoms with Gasteiger partial charge in [-0.25, -0.2) is 0 Å². The first-order chi connectivity index (χ1) is 25.5. The van der Waals surface area contributed by atoms with Crippen LogP contribution in [0.4, 0.5) is 34.1 Å². The first kappa shape index (κ1) is 33.9. The molecule has 3 aliphatic heterocycles. The molecule has 0 N–H and O–H groups in total. The lowest BCUT2D eigenvalue weighted by Crippen LogP contribution is -2.61. The molecular formula is C49H53BN2O2. The highest BCUT2D eigenvalue weighted by molar-refractivity contribution is 7.00. The number of benzene rings is 5. The van der Waals surface area contributed by atoms with Gasteiger partial charge in [0.15, 0.2) is 11.5 Å². The van der Waals surface area contributed by atoms with Crippen LogP contribution in [0, 0.1) is 31.6 Å². The number of fused-ring (bicyclic) bond motifs is 7. The van der Waals surface area contributed by atoms with Crippen LogP contribution in [0.15, 0.2) is 66.7 Å². The number of rotatable bonds is 2. The van der Waals surface area contributed by atoms with Gasteiger partial charge in [-0.05, 0) is 160 Å². The van der Waals surface area contributed by atoms with Crippen LogP contribution >= 0.6 is 0 Å². The Morgan fingerprint density at radius 1 is 0.574 bits per heavy atom. The Balaban J connectivity index is 1.29. The topological polar surface area (TPSA) is 24.9 Å². The first-order valence-corrected chi connectivity index (χ1v) is 20.1. The summed E-state index contributed by atoms with van der Waals surface area (Å²) >= 11 is 0.